The largest absolute Gasteiger partial charge is 0.0651 e. The molecule has 1 aliphatic rings. The summed E-state index contributed by atoms with van der Waals surface area (Å²) < 4.78 is 0. The maximum Gasteiger partial charge on any atom is -0.0383 e. The Balaban J connectivity index is 2.03. The first-order valence-corrected chi connectivity index (χ1v) is 8.08. The minimum Gasteiger partial charge on any atom is -0.0651 e. The van der Waals surface area contributed by atoms with Gasteiger partial charge in [0.2, 0.25) is 0 Å². The SMILES string of the molecule is CCC(C)C(C)CCCC1CC(C(C)CC)C1. The third kappa shape index (κ3) is 4.64. The molecular formula is C17H34. The van der Waals surface area contributed by atoms with Gasteiger partial charge in [0.15, 0.2) is 0 Å². The average molecular weight is 238 g/mol. The van der Waals surface area contributed by atoms with Gasteiger partial charge in [-0.2, -0.15) is 0 Å². The molecule has 102 valence electrons. The highest BCUT2D eigenvalue weighted by Gasteiger charge is 2.31. The van der Waals surface area contributed by atoms with Crippen molar-refractivity contribution in [3.8, 4) is 0 Å². The van der Waals surface area contributed by atoms with E-state index in [1.807, 2.05) is 0 Å². The van der Waals surface area contributed by atoms with Crippen LogP contribution in [0.15, 0.2) is 0 Å². The molecule has 0 heterocycles. The first kappa shape index (κ1) is 15.1. The van der Waals surface area contributed by atoms with E-state index in [0.717, 1.165) is 29.6 Å². The standard InChI is InChI=1S/C17H34/c1-6-13(3)15(5)9-8-10-16-11-17(12-16)14(4)7-2/h13-17H,6-12H2,1-5H3. The maximum absolute atomic E-state index is 2.44. The summed E-state index contributed by atoms with van der Waals surface area (Å²) in [6.07, 6.45) is 10.2. The van der Waals surface area contributed by atoms with Gasteiger partial charge in [0, 0.05) is 0 Å². The van der Waals surface area contributed by atoms with Crippen LogP contribution in [0.5, 0.6) is 0 Å². The fraction of sp³-hybridized carbons (Fsp3) is 1.00. The average Bonchev–Trinajstić information content (AvgIpc) is 2.29. The molecule has 0 radical (unpaired) electrons. The van der Waals surface area contributed by atoms with Crippen LogP contribution >= 0.6 is 0 Å². The second-order valence-electron chi connectivity index (χ2n) is 6.78. The smallest absolute Gasteiger partial charge is 0.0383 e. The number of hydrogen-bond acceptors (Lipinski definition) is 0. The number of hydrogen-bond donors (Lipinski definition) is 0. The van der Waals surface area contributed by atoms with Gasteiger partial charge in [0.1, 0.15) is 0 Å². The van der Waals surface area contributed by atoms with Crippen LogP contribution in [0, 0.1) is 29.6 Å². The lowest BCUT2D eigenvalue weighted by Crippen LogP contribution is -2.28. The van der Waals surface area contributed by atoms with Crippen molar-refractivity contribution in [3.05, 3.63) is 0 Å². The van der Waals surface area contributed by atoms with E-state index in [2.05, 4.69) is 34.6 Å². The highest BCUT2D eigenvalue weighted by atomic mass is 14.4. The van der Waals surface area contributed by atoms with Crippen LogP contribution in [-0.4, -0.2) is 0 Å². The normalized spacial score (nSPS) is 29.5. The second kappa shape index (κ2) is 7.44. The summed E-state index contributed by atoms with van der Waals surface area (Å²) in [5, 5.41) is 0. The van der Waals surface area contributed by atoms with E-state index in [4.69, 9.17) is 0 Å². The molecular weight excluding hydrogens is 204 g/mol. The van der Waals surface area contributed by atoms with Gasteiger partial charge >= 0.3 is 0 Å². The van der Waals surface area contributed by atoms with Gasteiger partial charge in [0.25, 0.3) is 0 Å². The van der Waals surface area contributed by atoms with Crippen molar-refractivity contribution >= 4 is 0 Å². The highest BCUT2D eigenvalue weighted by Crippen LogP contribution is 2.42. The van der Waals surface area contributed by atoms with E-state index in [1.54, 1.807) is 0 Å². The molecule has 0 aliphatic heterocycles. The van der Waals surface area contributed by atoms with Crippen LogP contribution in [0.1, 0.15) is 79.6 Å². The molecule has 0 spiro atoms. The van der Waals surface area contributed by atoms with Crippen LogP contribution in [0.4, 0.5) is 0 Å². The van der Waals surface area contributed by atoms with E-state index in [9.17, 15) is 0 Å². The summed E-state index contributed by atoms with van der Waals surface area (Å²) in [5.41, 5.74) is 0. The zero-order valence-electron chi connectivity index (χ0n) is 12.8. The molecule has 0 aromatic rings. The summed E-state index contributed by atoms with van der Waals surface area (Å²) in [4.78, 5) is 0. The third-order valence-electron chi connectivity index (χ3n) is 5.61. The van der Waals surface area contributed by atoms with Crippen LogP contribution in [-0.2, 0) is 0 Å². The van der Waals surface area contributed by atoms with Crippen LogP contribution < -0.4 is 0 Å². The first-order chi connectivity index (χ1) is 8.08. The van der Waals surface area contributed by atoms with Gasteiger partial charge < -0.3 is 0 Å². The molecule has 0 bridgehead atoms. The van der Waals surface area contributed by atoms with Gasteiger partial charge in [0.05, 0.1) is 0 Å². The van der Waals surface area contributed by atoms with Gasteiger partial charge in [-0.1, -0.05) is 66.7 Å². The predicted octanol–water partition coefficient (Wildman–Crippen LogP) is 5.91. The van der Waals surface area contributed by atoms with E-state index in [-0.39, 0.29) is 0 Å². The highest BCUT2D eigenvalue weighted by molar-refractivity contribution is 4.82. The minimum atomic E-state index is 0.921. The molecule has 0 N–H and O–H groups in total. The minimum absolute atomic E-state index is 0.921. The van der Waals surface area contributed by atoms with Crippen molar-refractivity contribution in [1.29, 1.82) is 0 Å². The zero-order valence-corrected chi connectivity index (χ0v) is 12.8. The van der Waals surface area contributed by atoms with Crippen molar-refractivity contribution in [2.45, 2.75) is 79.6 Å². The van der Waals surface area contributed by atoms with Crippen LogP contribution in [0.25, 0.3) is 0 Å². The van der Waals surface area contributed by atoms with E-state index < -0.39 is 0 Å². The maximum atomic E-state index is 2.44. The molecule has 1 aliphatic carbocycles. The molecule has 0 saturated heterocycles. The lowest BCUT2D eigenvalue weighted by atomic mass is 9.66. The first-order valence-electron chi connectivity index (χ1n) is 8.08. The van der Waals surface area contributed by atoms with Crippen molar-refractivity contribution in [3.63, 3.8) is 0 Å². The summed E-state index contributed by atoms with van der Waals surface area (Å²) >= 11 is 0. The van der Waals surface area contributed by atoms with Crippen molar-refractivity contribution < 1.29 is 0 Å². The molecule has 0 nitrogen and oxygen atoms in total. The van der Waals surface area contributed by atoms with E-state index in [1.165, 1.54) is 44.9 Å². The summed E-state index contributed by atoms with van der Waals surface area (Å²) in [7, 11) is 0. The molecule has 1 rings (SSSR count). The molecule has 0 heteroatoms. The topological polar surface area (TPSA) is 0 Å². The Hall–Kier alpha value is 0. The second-order valence-corrected chi connectivity index (χ2v) is 6.78. The molecule has 3 unspecified atom stereocenters. The van der Waals surface area contributed by atoms with Crippen molar-refractivity contribution in [2.75, 3.05) is 0 Å². The molecule has 1 saturated carbocycles. The Kier molecular flexibility index (Phi) is 6.59. The Labute approximate surface area is 110 Å². The molecule has 3 atom stereocenters. The predicted molar refractivity (Wildman–Crippen MR) is 78.1 cm³/mol. The lowest BCUT2D eigenvalue weighted by Gasteiger charge is -2.39. The Morgan fingerprint density at radius 1 is 0.941 bits per heavy atom. The third-order valence-corrected chi connectivity index (χ3v) is 5.61. The Morgan fingerprint density at radius 2 is 1.59 bits per heavy atom. The summed E-state index contributed by atoms with van der Waals surface area (Å²) in [5.74, 6) is 4.98. The van der Waals surface area contributed by atoms with Crippen molar-refractivity contribution in [2.24, 2.45) is 29.6 Å². The Morgan fingerprint density at radius 3 is 2.12 bits per heavy atom. The molecule has 17 heavy (non-hydrogen) atoms. The fourth-order valence-electron chi connectivity index (χ4n) is 3.24. The molecule has 0 amide bonds. The van der Waals surface area contributed by atoms with E-state index >= 15 is 0 Å². The van der Waals surface area contributed by atoms with E-state index in [0.29, 0.717) is 0 Å². The summed E-state index contributed by atoms with van der Waals surface area (Å²) in [6, 6.07) is 0. The quantitative estimate of drug-likeness (QED) is 0.493. The Bertz CT molecular complexity index is 190. The van der Waals surface area contributed by atoms with Gasteiger partial charge in [-0.05, 0) is 42.4 Å². The van der Waals surface area contributed by atoms with Gasteiger partial charge in [-0.25, -0.2) is 0 Å². The van der Waals surface area contributed by atoms with Gasteiger partial charge in [-0.3, -0.25) is 0 Å². The van der Waals surface area contributed by atoms with Crippen LogP contribution in [0.3, 0.4) is 0 Å². The number of rotatable bonds is 8. The van der Waals surface area contributed by atoms with Crippen LogP contribution in [0.2, 0.25) is 0 Å². The summed E-state index contributed by atoms with van der Waals surface area (Å²) in [6.45, 7) is 11.9. The lowest BCUT2D eigenvalue weighted by molar-refractivity contribution is 0.118. The monoisotopic (exact) mass is 238 g/mol. The zero-order chi connectivity index (χ0) is 12.8. The van der Waals surface area contributed by atoms with Gasteiger partial charge in [-0.15, -0.1) is 0 Å². The molecule has 0 aromatic heterocycles. The fourth-order valence-corrected chi connectivity index (χ4v) is 3.24. The molecule has 0 aromatic carbocycles. The van der Waals surface area contributed by atoms with Crippen molar-refractivity contribution in [1.82, 2.24) is 0 Å². The molecule has 1 fully saturated rings.